The first-order valence-corrected chi connectivity index (χ1v) is 8.37. The van der Waals surface area contributed by atoms with Crippen LogP contribution in [0.15, 0.2) is 33.3 Å². The average Bonchev–Trinajstić information content (AvgIpc) is 3.17. The molecule has 122 valence electrons. The van der Waals surface area contributed by atoms with Gasteiger partial charge in [-0.3, -0.25) is 4.79 Å². The molecule has 0 atom stereocenters. The number of ether oxygens (including phenoxy) is 1. The first kappa shape index (κ1) is 16.0. The van der Waals surface area contributed by atoms with Crippen LogP contribution in [-0.2, 0) is 10.3 Å². The van der Waals surface area contributed by atoms with E-state index in [-0.39, 0.29) is 12.5 Å². The van der Waals surface area contributed by atoms with Crippen molar-refractivity contribution in [2.24, 2.45) is 0 Å². The van der Waals surface area contributed by atoms with Crippen LogP contribution in [-0.4, -0.2) is 22.7 Å². The van der Waals surface area contributed by atoms with Crippen molar-refractivity contribution in [3.8, 4) is 5.75 Å². The fourth-order valence-corrected chi connectivity index (χ4v) is 3.12. The van der Waals surface area contributed by atoms with Gasteiger partial charge in [-0.1, -0.05) is 33.9 Å². The van der Waals surface area contributed by atoms with E-state index in [1.165, 1.54) is 0 Å². The summed E-state index contributed by atoms with van der Waals surface area (Å²) < 4.78 is 11.6. The maximum Gasteiger partial charge on any atom is 0.258 e. The van der Waals surface area contributed by atoms with E-state index in [2.05, 4.69) is 31.4 Å². The zero-order chi connectivity index (χ0) is 16.3. The normalized spacial score (nSPS) is 16.3. The van der Waals surface area contributed by atoms with Crippen LogP contribution in [0.5, 0.6) is 5.75 Å². The number of hydrogen-bond acceptors (Lipinski definition) is 5. The van der Waals surface area contributed by atoms with Gasteiger partial charge in [0.15, 0.2) is 12.4 Å². The Morgan fingerprint density at radius 3 is 2.65 bits per heavy atom. The second-order valence-corrected chi connectivity index (χ2v) is 6.63. The first-order chi connectivity index (χ1) is 11.1. The van der Waals surface area contributed by atoms with Crippen molar-refractivity contribution >= 4 is 21.8 Å². The Bertz CT molecular complexity index is 678. The first-order valence-electron chi connectivity index (χ1n) is 7.58. The average molecular weight is 380 g/mol. The number of carbonyl (C=O) groups excluding carboxylic acids is 1. The summed E-state index contributed by atoms with van der Waals surface area (Å²) >= 11 is 3.36. The molecule has 0 saturated heterocycles. The molecule has 3 rings (SSSR count). The molecule has 0 unspecified atom stereocenters. The number of amides is 1. The molecular weight excluding hydrogens is 362 g/mol. The summed E-state index contributed by atoms with van der Waals surface area (Å²) in [6.45, 7) is 1.71. The predicted molar refractivity (Wildman–Crippen MR) is 87.0 cm³/mol. The van der Waals surface area contributed by atoms with Gasteiger partial charge in [-0.2, -0.15) is 4.98 Å². The van der Waals surface area contributed by atoms with Crippen LogP contribution in [0, 0.1) is 6.92 Å². The topological polar surface area (TPSA) is 77.2 Å². The molecule has 6 nitrogen and oxygen atoms in total. The van der Waals surface area contributed by atoms with E-state index in [1.54, 1.807) is 6.92 Å². The summed E-state index contributed by atoms with van der Waals surface area (Å²) in [6, 6.07) is 7.36. The van der Waals surface area contributed by atoms with E-state index in [0.29, 0.717) is 17.5 Å². The highest BCUT2D eigenvalue weighted by Crippen LogP contribution is 2.37. The van der Waals surface area contributed by atoms with Gasteiger partial charge in [0.2, 0.25) is 5.89 Å². The quantitative estimate of drug-likeness (QED) is 0.863. The third-order valence-electron chi connectivity index (χ3n) is 3.97. The molecule has 1 aromatic heterocycles. The zero-order valence-electron chi connectivity index (χ0n) is 12.8. The molecule has 0 spiro atoms. The summed E-state index contributed by atoms with van der Waals surface area (Å²) in [4.78, 5) is 16.6. The van der Waals surface area contributed by atoms with Gasteiger partial charge in [0.05, 0.1) is 0 Å². The smallest absolute Gasteiger partial charge is 0.258 e. The van der Waals surface area contributed by atoms with Gasteiger partial charge in [-0.25, -0.2) is 0 Å². The summed E-state index contributed by atoms with van der Waals surface area (Å²) in [5.41, 5.74) is -0.530. The summed E-state index contributed by atoms with van der Waals surface area (Å²) in [7, 11) is 0. The van der Waals surface area contributed by atoms with E-state index in [1.807, 2.05) is 24.3 Å². The molecule has 7 heteroatoms. The Hall–Kier alpha value is -1.89. The molecule has 1 aromatic carbocycles. The van der Waals surface area contributed by atoms with E-state index >= 15 is 0 Å². The van der Waals surface area contributed by atoms with E-state index in [4.69, 9.17) is 9.26 Å². The second kappa shape index (κ2) is 6.70. The van der Waals surface area contributed by atoms with Crippen molar-refractivity contribution in [1.29, 1.82) is 0 Å². The Morgan fingerprint density at radius 2 is 2.04 bits per heavy atom. The number of hydrogen-bond donors (Lipinski definition) is 1. The lowest BCUT2D eigenvalue weighted by molar-refractivity contribution is -0.125. The Morgan fingerprint density at radius 1 is 1.35 bits per heavy atom. The van der Waals surface area contributed by atoms with Crippen LogP contribution in [0.4, 0.5) is 0 Å². The van der Waals surface area contributed by atoms with Crippen molar-refractivity contribution < 1.29 is 14.1 Å². The fourth-order valence-electron chi connectivity index (χ4n) is 2.86. The number of nitrogens with zero attached hydrogens (tertiary/aromatic N) is 2. The van der Waals surface area contributed by atoms with Crippen LogP contribution in [0.25, 0.3) is 0 Å². The highest BCUT2D eigenvalue weighted by atomic mass is 79.9. The van der Waals surface area contributed by atoms with Gasteiger partial charge in [-0.05, 0) is 37.1 Å². The lowest BCUT2D eigenvalue weighted by Gasteiger charge is -2.26. The maximum absolute atomic E-state index is 12.3. The number of benzene rings is 1. The number of aryl methyl sites for hydroxylation is 1. The van der Waals surface area contributed by atoms with Crippen molar-refractivity contribution in [2.45, 2.75) is 38.1 Å². The van der Waals surface area contributed by atoms with E-state index in [9.17, 15) is 4.79 Å². The predicted octanol–water partition coefficient (Wildman–Crippen LogP) is 3.11. The second-order valence-electron chi connectivity index (χ2n) is 5.72. The highest BCUT2D eigenvalue weighted by molar-refractivity contribution is 9.10. The number of aromatic nitrogens is 2. The number of halogens is 1. The van der Waals surface area contributed by atoms with E-state index in [0.717, 1.165) is 30.2 Å². The molecule has 1 amide bonds. The largest absolute Gasteiger partial charge is 0.484 e. The molecule has 0 aliphatic heterocycles. The van der Waals surface area contributed by atoms with Gasteiger partial charge >= 0.3 is 0 Å². The molecular formula is C16H18BrN3O3. The molecule has 1 aliphatic rings. The molecule has 0 bridgehead atoms. The molecule has 1 fully saturated rings. The Labute approximate surface area is 142 Å². The van der Waals surface area contributed by atoms with Crippen molar-refractivity contribution in [3.05, 3.63) is 40.5 Å². The minimum absolute atomic E-state index is 0.0415. The minimum Gasteiger partial charge on any atom is -0.484 e. The number of rotatable bonds is 5. The summed E-state index contributed by atoms with van der Waals surface area (Å²) in [6.07, 6.45) is 3.69. The summed E-state index contributed by atoms with van der Waals surface area (Å²) in [5, 5.41) is 7.05. The monoisotopic (exact) mass is 379 g/mol. The zero-order valence-corrected chi connectivity index (χ0v) is 14.4. The SMILES string of the molecule is Cc1nc(C2(NC(=O)COc3ccc(Br)cc3)CCCC2)no1. The molecule has 2 aromatic rings. The molecule has 1 N–H and O–H groups in total. The van der Waals surface area contributed by atoms with Crippen LogP contribution in [0.2, 0.25) is 0 Å². The number of nitrogens with one attached hydrogen (secondary N) is 1. The molecule has 0 radical (unpaired) electrons. The maximum atomic E-state index is 12.3. The van der Waals surface area contributed by atoms with Gasteiger partial charge in [0.1, 0.15) is 11.3 Å². The molecule has 1 saturated carbocycles. The van der Waals surface area contributed by atoms with Gasteiger partial charge in [0, 0.05) is 11.4 Å². The lowest BCUT2D eigenvalue weighted by Crippen LogP contribution is -2.46. The lowest BCUT2D eigenvalue weighted by atomic mass is 9.96. The van der Waals surface area contributed by atoms with Gasteiger partial charge in [-0.15, -0.1) is 0 Å². The standard InChI is InChI=1S/C16H18BrN3O3/c1-11-18-15(20-23-11)16(8-2-3-9-16)19-14(21)10-22-13-6-4-12(17)5-7-13/h4-7H,2-3,8-10H2,1H3,(H,19,21). The fraction of sp³-hybridized carbons (Fsp3) is 0.438. The van der Waals surface area contributed by atoms with Gasteiger partial charge in [0.25, 0.3) is 5.91 Å². The highest BCUT2D eigenvalue weighted by Gasteiger charge is 2.41. The van der Waals surface area contributed by atoms with Crippen molar-refractivity contribution in [3.63, 3.8) is 0 Å². The third-order valence-corrected chi connectivity index (χ3v) is 4.50. The summed E-state index contributed by atoms with van der Waals surface area (Å²) in [5.74, 6) is 1.53. The molecule has 1 aliphatic carbocycles. The molecule has 1 heterocycles. The van der Waals surface area contributed by atoms with Crippen LogP contribution >= 0.6 is 15.9 Å². The van der Waals surface area contributed by atoms with Crippen LogP contribution in [0.1, 0.15) is 37.4 Å². The number of carbonyl (C=O) groups is 1. The Kier molecular flexibility index (Phi) is 4.66. The van der Waals surface area contributed by atoms with Gasteiger partial charge < -0.3 is 14.6 Å². The van der Waals surface area contributed by atoms with Crippen LogP contribution in [0.3, 0.4) is 0 Å². The third kappa shape index (κ3) is 3.72. The van der Waals surface area contributed by atoms with Crippen LogP contribution < -0.4 is 10.1 Å². The van der Waals surface area contributed by atoms with E-state index < -0.39 is 5.54 Å². The van der Waals surface area contributed by atoms with Crippen molar-refractivity contribution in [1.82, 2.24) is 15.5 Å². The Balaban J connectivity index is 1.64. The minimum atomic E-state index is -0.530. The molecule has 23 heavy (non-hydrogen) atoms. The van der Waals surface area contributed by atoms with Crippen molar-refractivity contribution in [2.75, 3.05) is 6.61 Å².